The maximum atomic E-state index is 13.3. The molecule has 2 aromatic carbocycles. The number of hydrogen-bond acceptors (Lipinski definition) is 4. The van der Waals surface area contributed by atoms with Gasteiger partial charge in [-0.25, -0.2) is 8.42 Å². The van der Waals surface area contributed by atoms with Crippen LogP contribution >= 0.6 is 0 Å². The van der Waals surface area contributed by atoms with Crippen molar-refractivity contribution in [3.05, 3.63) is 65.7 Å². The molecular formula is C22H29N3O4S. The molecule has 30 heavy (non-hydrogen) atoms. The number of carbonyl (C=O) groups is 2. The van der Waals surface area contributed by atoms with Crippen LogP contribution in [0.4, 0.5) is 5.69 Å². The summed E-state index contributed by atoms with van der Waals surface area (Å²) in [6.45, 7) is 5.64. The predicted molar refractivity (Wildman–Crippen MR) is 119 cm³/mol. The van der Waals surface area contributed by atoms with E-state index in [9.17, 15) is 18.0 Å². The number of rotatable bonds is 9. The van der Waals surface area contributed by atoms with Crippen molar-refractivity contribution in [3.63, 3.8) is 0 Å². The monoisotopic (exact) mass is 431 g/mol. The minimum atomic E-state index is -3.70. The van der Waals surface area contributed by atoms with E-state index >= 15 is 0 Å². The molecule has 0 aliphatic rings. The highest BCUT2D eigenvalue weighted by molar-refractivity contribution is 7.92. The van der Waals surface area contributed by atoms with Gasteiger partial charge in [0.25, 0.3) is 0 Å². The number of carbonyl (C=O) groups excluding carboxylic acids is 2. The Kier molecular flexibility index (Phi) is 8.00. The second-order valence-corrected chi connectivity index (χ2v) is 9.03. The van der Waals surface area contributed by atoms with Crippen LogP contribution in [0.15, 0.2) is 54.6 Å². The maximum Gasteiger partial charge on any atom is 0.244 e. The summed E-state index contributed by atoms with van der Waals surface area (Å²) in [5.74, 6) is -0.740. The molecule has 1 atom stereocenters. The number of hydrogen-bond donors (Lipinski definition) is 1. The first-order chi connectivity index (χ1) is 14.1. The fourth-order valence-electron chi connectivity index (χ4n) is 3.08. The second-order valence-electron chi connectivity index (χ2n) is 7.12. The minimum absolute atomic E-state index is 0.205. The molecule has 0 radical (unpaired) electrons. The van der Waals surface area contributed by atoms with E-state index in [1.165, 1.54) is 4.90 Å². The topological polar surface area (TPSA) is 86.8 Å². The van der Waals surface area contributed by atoms with Crippen molar-refractivity contribution in [2.75, 3.05) is 23.7 Å². The third-order valence-corrected chi connectivity index (χ3v) is 5.98. The van der Waals surface area contributed by atoms with Crippen LogP contribution in [0.5, 0.6) is 0 Å². The average Bonchev–Trinajstić information content (AvgIpc) is 2.70. The largest absolute Gasteiger partial charge is 0.355 e. The highest BCUT2D eigenvalue weighted by atomic mass is 32.2. The molecule has 2 amide bonds. The van der Waals surface area contributed by atoms with E-state index in [-0.39, 0.29) is 12.5 Å². The van der Waals surface area contributed by atoms with Gasteiger partial charge in [0.15, 0.2) is 0 Å². The van der Waals surface area contributed by atoms with Crippen molar-refractivity contribution >= 4 is 27.5 Å². The number of sulfonamides is 1. The van der Waals surface area contributed by atoms with Crippen molar-refractivity contribution in [1.82, 2.24) is 10.2 Å². The molecule has 1 N–H and O–H groups in total. The van der Waals surface area contributed by atoms with Gasteiger partial charge in [0.05, 0.1) is 11.9 Å². The summed E-state index contributed by atoms with van der Waals surface area (Å²) in [6, 6.07) is 15.3. The number of amides is 2. The Morgan fingerprint density at radius 1 is 1.03 bits per heavy atom. The summed E-state index contributed by atoms with van der Waals surface area (Å²) in [5.41, 5.74) is 2.28. The Hall–Kier alpha value is -2.87. The number of aryl methyl sites for hydroxylation is 1. The van der Waals surface area contributed by atoms with Crippen LogP contribution in [0, 0.1) is 6.92 Å². The fourth-order valence-corrected chi connectivity index (χ4v) is 3.93. The number of nitrogens with one attached hydrogen (secondary N) is 1. The number of nitrogens with zero attached hydrogens (tertiary/aromatic N) is 2. The lowest BCUT2D eigenvalue weighted by molar-refractivity contribution is -0.139. The van der Waals surface area contributed by atoms with E-state index < -0.39 is 28.5 Å². The lowest BCUT2D eigenvalue weighted by atomic mass is 10.1. The highest BCUT2D eigenvalue weighted by Crippen LogP contribution is 2.19. The van der Waals surface area contributed by atoms with E-state index in [4.69, 9.17) is 0 Å². The normalized spacial score (nSPS) is 12.1. The van der Waals surface area contributed by atoms with Gasteiger partial charge < -0.3 is 10.2 Å². The number of para-hydroxylation sites is 1. The molecule has 0 saturated heterocycles. The molecule has 0 aliphatic carbocycles. The van der Waals surface area contributed by atoms with Gasteiger partial charge in [-0.15, -0.1) is 0 Å². The molecule has 1 unspecified atom stereocenters. The molecule has 0 aliphatic heterocycles. The van der Waals surface area contributed by atoms with Crippen molar-refractivity contribution in [2.24, 2.45) is 0 Å². The van der Waals surface area contributed by atoms with Gasteiger partial charge in [0, 0.05) is 13.1 Å². The zero-order valence-corrected chi connectivity index (χ0v) is 18.6. The van der Waals surface area contributed by atoms with Crippen molar-refractivity contribution in [1.29, 1.82) is 0 Å². The van der Waals surface area contributed by atoms with Crippen LogP contribution in [-0.4, -0.2) is 50.5 Å². The van der Waals surface area contributed by atoms with Gasteiger partial charge >= 0.3 is 0 Å². The van der Waals surface area contributed by atoms with Crippen molar-refractivity contribution in [2.45, 2.75) is 33.4 Å². The Balaban J connectivity index is 2.37. The molecule has 0 fully saturated rings. The Morgan fingerprint density at radius 2 is 1.63 bits per heavy atom. The lowest BCUT2D eigenvalue weighted by Crippen LogP contribution is -2.51. The van der Waals surface area contributed by atoms with E-state index in [1.807, 2.05) is 31.2 Å². The smallest absolute Gasteiger partial charge is 0.244 e. The highest BCUT2D eigenvalue weighted by Gasteiger charge is 2.30. The molecule has 0 aromatic heterocycles. The summed E-state index contributed by atoms with van der Waals surface area (Å²) in [7, 11) is -3.70. The van der Waals surface area contributed by atoms with Crippen molar-refractivity contribution in [3.8, 4) is 0 Å². The number of anilines is 1. The average molecular weight is 432 g/mol. The van der Waals surface area contributed by atoms with Crippen LogP contribution in [0.25, 0.3) is 0 Å². The van der Waals surface area contributed by atoms with Crippen LogP contribution in [-0.2, 0) is 26.2 Å². The zero-order chi connectivity index (χ0) is 22.3. The standard InChI is InChI=1S/C22H29N3O4S/c1-5-23-22(27)18(3)24(15-19-12-10-9-11-17(19)2)21(26)16-25(30(4,28)29)20-13-7-6-8-14-20/h6-14,18H,5,15-16H2,1-4H3,(H,23,27). The van der Waals surface area contributed by atoms with E-state index in [0.29, 0.717) is 12.2 Å². The molecule has 162 valence electrons. The molecular weight excluding hydrogens is 402 g/mol. The Morgan fingerprint density at radius 3 is 2.20 bits per heavy atom. The first-order valence-electron chi connectivity index (χ1n) is 9.79. The number of benzene rings is 2. The number of likely N-dealkylation sites (N-methyl/N-ethyl adjacent to an activating group) is 1. The van der Waals surface area contributed by atoms with Gasteiger partial charge in [-0.05, 0) is 44.0 Å². The fraction of sp³-hybridized carbons (Fsp3) is 0.364. The van der Waals surface area contributed by atoms with Gasteiger partial charge in [-0.2, -0.15) is 0 Å². The predicted octanol–water partition coefficient (Wildman–Crippen LogP) is 2.31. The molecule has 0 bridgehead atoms. The van der Waals surface area contributed by atoms with Gasteiger partial charge in [-0.1, -0.05) is 42.5 Å². The summed E-state index contributed by atoms with van der Waals surface area (Å²) in [6.07, 6.45) is 1.06. The third-order valence-electron chi connectivity index (χ3n) is 4.84. The van der Waals surface area contributed by atoms with Crippen LogP contribution in [0.2, 0.25) is 0 Å². The van der Waals surface area contributed by atoms with Gasteiger partial charge in [0.1, 0.15) is 12.6 Å². The summed E-state index contributed by atoms with van der Waals surface area (Å²) < 4.78 is 25.8. The van der Waals surface area contributed by atoms with Crippen LogP contribution in [0.3, 0.4) is 0 Å². The molecule has 2 aromatic rings. The second kappa shape index (κ2) is 10.2. The van der Waals surface area contributed by atoms with E-state index in [0.717, 1.165) is 21.7 Å². The third kappa shape index (κ3) is 6.06. The van der Waals surface area contributed by atoms with E-state index in [2.05, 4.69) is 5.32 Å². The van der Waals surface area contributed by atoms with Gasteiger partial charge in [0.2, 0.25) is 21.8 Å². The molecule has 2 rings (SSSR count). The summed E-state index contributed by atoms with van der Waals surface area (Å²) in [4.78, 5) is 27.2. The van der Waals surface area contributed by atoms with Crippen LogP contribution in [0.1, 0.15) is 25.0 Å². The Bertz CT molecular complexity index is 977. The molecule has 8 heteroatoms. The summed E-state index contributed by atoms with van der Waals surface area (Å²) >= 11 is 0. The molecule has 7 nitrogen and oxygen atoms in total. The minimum Gasteiger partial charge on any atom is -0.355 e. The first kappa shape index (κ1) is 23.4. The quantitative estimate of drug-likeness (QED) is 0.660. The molecule has 0 heterocycles. The van der Waals surface area contributed by atoms with Gasteiger partial charge in [-0.3, -0.25) is 13.9 Å². The molecule has 0 saturated carbocycles. The van der Waals surface area contributed by atoms with Crippen LogP contribution < -0.4 is 9.62 Å². The first-order valence-corrected chi connectivity index (χ1v) is 11.6. The molecule has 0 spiro atoms. The lowest BCUT2D eigenvalue weighted by Gasteiger charge is -2.31. The van der Waals surface area contributed by atoms with Crippen molar-refractivity contribution < 1.29 is 18.0 Å². The zero-order valence-electron chi connectivity index (χ0n) is 17.8. The maximum absolute atomic E-state index is 13.3. The SMILES string of the molecule is CCNC(=O)C(C)N(Cc1ccccc1C)C(=O)CN(c1ccccc1)S(C)(=O)=O. The summed E-state index contributed by atoms with van der Waals surface area (Å²) in [5, 5.41) is 2.73. The Labute approximate surface area is 178 Å². The van der Waals surface area contributed by atoms with E-state index in [1.54, 1.807) is 44.2 Å².